The lowest BCUT2D eigenvalue weighted by Gasteiger charge is -2.15. The lowest BCUT2D eigenvalue weighted by Crippen LogP contribution is -1.99. The number of nitrogens with zero attached hydrogens (tertiary/aromatic N) is 2. The van der Waals surface area contributed by atoms with Crippen molar-refractivity contribution < 1.29 is 18.6 Å². The molecule has 0 radical (unpaired) electrons. The van der Waals surface area contributed by atoms with Gasteiger partial charge in [-0.2, -0.15) is 0 Å². The van der Waals surface area contributed by atoms with E-state index >= 15 is 0 Å². The maximum atomic E-state index is 13.2. The Kier molecular flexibility index (Phi) is 5.18. The van der Waals surface area contributed by atoms with Crippen molar-refractivity contribution >= 4 is 33.1 Å². The van der Waals surface area contributed by atoms with E-state index < -0.39 is 0 Å². The monoisotopic (exact) mass is 411 g/mol. The zero-order valence-electron chi connectivity index (χ0n) is 16.0. The van der Waals surface area contributed by atoms with Gasteiger partial charge in [0.2, 0.25) is 5.75 Å². The van der Waals surface area contributed by atoms with Gasteiger partial charge in [0.1, 0.15) is 12.1 Å². The number of rotatable bonds is 6. The zero-order chi connectivity index (χ0) is 20.4. The van der Waals surface area contributed by atoms with Gasteiger partial charge in [0.05, 0.1) is 31.5 Å². The molecule has 0 atom stereocenters. The second kappa shape index (κ2) is 7.92. The lowest BCUT2D eigenvalue weighted by molar-refractivity contribution is 0.324. The van der Waals surface area contributed by atoms with E-state index in [0.717, 1.165) is 26.3 Å². The van der Waals surface area contributed by atoms with E-state index in [1.54, 1.807) is 33.5 Å². The number of hydrogen-bond donors (Lipinski definition) is 1. The smallest absolute Gasteiger partial charge is 0.203 e. The Labute approximate surface area is 170 Å². The van der Waals surface area contributed by atoms with Gasteiger partial charge >= 0.3 is 0 Å². The summed E-state index contributed by atoms with van der Waals surface area (Å²) in [6.45, 7) is 0. The maximum absolute atomic E-state index is 13.2. The predicted octanol–water partition coefficient (Wildman–Crippen LogP) is 5.27. The van der Waals surface area contributed by atoms with E-state index in [1.165, 1.54) is 29.8 Å². The Morgan fingerprint density at radius 1 is 0.897 bits per heavy atom. The van der Waals surface area contributed by atoms with Crippen molar-refractivity contribution in [3.8, 4) is 27.7 Å². The number of anilines is 2. The SMILES string of the molecule is COc1cc(Nc2ncnc3cc(-c4ccc(F)cc4)sc23)cc(OC)c1OC. The highest BCUT2D eigenvalue weighted by atomic mass is 32.1. The van der Waals surface area contributed by atoms with E-state index in [1.807, 2.05) is 18.2 Å². The van der Waals surface area contributed by atoms with Crippen LogP contribution in [0.5, 0.6) is 17.2 Å². The number of nitrogens with one attached hydrogen (secondary N) is 1. The zero-order valence-corrected chi connectivity index (χ0v) is 16.8. The van der Waals surface area contributed by atoms with Crippen molar-refractivity contribution in [2.24, 2.45) is 0 Å². The molecule has 0 bridgehead atoms. The highest BCUT2D eigenvalue weighted by Gasteiger charge is 2.15. The lowest BCUT2D eigenvalue weighted by atomic mass is 10.2. The minimum Gasteiger partial charge on any atom is -0.493 e. The fraction of sp³-hybridized carbons (Fsp3) is 0.143. The topological polar surface area (TPSA) is 65.5 Å². The number of ether oxygens (including phenoxy) is 3. The van der Waals surface area contributed by atoms with Crippen LogP contribution in [0, 0.1) is 5.82 Å². The molecule has 2 heterocycles. The molecule has 1 N–H and O–H groups in total. The van der Waals surface area contributed by atoms with Gasteiger partial charge in [0.15, 0.2) is 17.3 Å². The van der Waals surface area contributed by atoms with Gasteiger partial charge in [-0.3, -0.25) is 0 Å². The first kappa shape index (κ1) is 18.9. The first-order valence-electron chi connectivity index (χ1n) is 8.70. The van der Waals surface area contributed by atoms with Crippen LogP contribution in [0.25, 0.3) is 20.7 Å². The van der Waals surface area contributed by atoms with Crippen molar-refractivity contribution in [1.29, 1.82) is 0 Å². The molecule has 0 aliphatic rings. The molecule has 29 heavy (non-hydrogen) atoms. The van der Waals surface area contributed by atoms with E-state index in [4.69, 9.17) is 14.2 Å². The van der Waals surface area contributed by atoms with E-state index in [-0.39, 0.29) is 5.82 Å². The van der Waals surface area contributed by atoms with Crippen LogP contribution in [-0.2, 0) is 0 Å². The third kappa shape index (κ3) is 3.66. The first-order valence-corrected chi connectivity index (χ1v) is 9.52. The quantitative estimate of drug-likeness (QED) is 0.466. The number of halogens is 1. The van der Waals surface area contributed by atoms with Crippen LogP contribution in [0.1, 0.15) is 0 Å². The van der Waals surface area contributed by atoms with Crippen molar-refractivity contribution in [2.45, 2.75) is 0 Å². The van der Waals surface area contributed by atoms with Crippen LogP contribution in [0.3, 0.4) is 0 Å². The minimum absolute atomic E-state index is 0.264. The maximum Gasteiger partial charge on any atom is 0.203 e. The molecule has 4 rings (SSSR count). The molecule has 148 valence electrons. The third-order valence-electron chi connectivity index (χ3n) is 4.37. The fourth-order valence-corrected chi connectivity index (χ4v) is 4.05. The number of thiophene rings is 1. The Bertz CT molecular complexity index is 1140. The van der Waals surface area contributed by atoms with Crippen LogP contribution in [0.2, 0.25) is 0 Å². The van der Waals surface area contributed by atoms with Gasteiger partial charge in [-0.1, -0.05) is 12.1 Å². The molecule has 4 aromatic rings. The Balaban J connectivity index is 1.74. The molecule has 0 aliphatic carbocycles. The Morgan fingerprint density at radius 2 is 1.59 bits per heavy atom. The molecule has 0 fully saturated rings. The van der Waals surface area contributed by atoms with Gasteiger partial charge in [-0.05, 0) is 23.8 Å². The Hall–Kier alpha value is -3.39. The van der Waals surface area contributed by atoms with Gasteiger partial charge in [0.25, 0.3) is 0 Å². The molecule has 0 amide bonds. The normalized spacial score (nSPS) is 10.8. The molecular formula is C21H18FN3O3S. The molecular weight excluding hydrogens is 393 g/mol. The second-order valence-corrected chi connectivity index (χ2v) is 7.15. The minimum atomic E-state index is -0.264. The molecule has 0 aliphatic heterocycles. The number of hydrogen-bond acceptors (Lipinski definition) is 7. The molecule has 2 aromatic carbocycles. The third-order valence-corrected chi connectivity index (χ3v) is 5.55. The molecule has 0 saturated carbocycles. The van der Waals surface area contributed by atoms with E-state index in [9.17, 15) is 4.39 Å². The van der Waals surface area contributed by atoms with Crippen molar-refractivity contribution in [1.82, 2.24) is 9.97 Å². The summed E-state index contributed by atoms with van der Waals surface area (Å²) < 4.78 is 30.3. The molecule has 0 saturated heterocycles. The highest BCUT2D eigenvalue weighted by molar-refractivity contribution is 7.22. The number of aromatic nitrogens is 2. The van der Waals surface area contributed by atoms with Gasteiger partial charge in [0, 0.05) is 22.7 Å². The summed E-state index contributed by atoms with van der Waals surface area (Å²) in [6, 6.07) is 12.0. The largest absolute Gasteiger partial charge is 0.493 e. The summed E-state index contributed by atoms with van der Waals surface area (Å²) >= 11 is 1.53. The van der Waals surface area contributed by atoms with Gasteiger partial charge < -0.3 is 19.5 Å². The highest BCUT2D eigenvalue weighted by Crippen LogP contribution is 2.42. The van der Waals surface area contributed by atoms with Crippen molar-refractivity contribution in [3.63, 3.8) is 0 Å². The molecule has 6 nitrogen and oxygen atoms in total. The van der Waals surface area contributed by atoms with Crippen molar-refractivity contribution in [3.05, 3.63) is 54.6 Å². The van der Waals surface area contributed by atoms with Crippen LogP contribution in [0.4, 0.5) is 15.9 Å². The molecule has 0 spiro atoms. The first-order chi connectivity index (χ1) is 14.1. The molecule has 0 unspecified atom stereocenters. The van der Waals surface area contributed by atoms with E-state index in [2.05, 4.69) is 15.3 Å². The van der Waals surface area contributed by atoms with Gasteiger partial charge in [-0.25, -0.2) is 14.4 Å². The standard InChI is InChI=1S/C21H18FN3O3S/c1-26-16-8-14(9-17(27-2)19(16)28-3)25-21-20-15(23-11-24-21)10-18(29-20)12-4-6-13(22)7-5-12/h4-11H,1-3H3,(H,23,24,25). The number of benzene rings is 2. The average molecular weight is 411 g/mol. The van der Waals surface area contributed by atoms with Crippen LogP contribution < -0.4 is 19.5 Å². The summed E-state index contributed by atoms with van der Waals surface area (Å²) in [7, 11) is 4.69. The molecule has 2 aromatic heterocycles. The van der Waals surface area contributed by atoms with Crippen LogP contribution in [0.15, 0.2) is 48.8 Å². The summed E-state index contributed by atoms with van der Waals surface area (Å²) in [6.07, 6.45) is 1.50. The summed E-state index contributed by atoms with van der Waals surface area (Å²) in [5.74, 6) is 1.99. The average Bonchev–Trinajstić information content (AvgIpc) is 3.19. The molecule has 8 heteroatoms. The predicted molar refractivity (Wildman–Crippen MR) is 112 cm³/mol. The van der Waals surface area contributed by atoms with Crippen LogP contribution >= 0.6 is 11.3 Å². The number of fused-ring (bicyclic) bond motifs is 1. The number of methoxy groups -OCH3 is 3. The summed E-state index contributed by atoms with van der Waals surface area (Å²) in [5.41, 5.74) is 2.46. The fourth-order valence-electron chi connectivity index (χ4n) is 2.99. The summed E-state index contributed by atoms with van der Waals surface area (Å²) in [5, 5.41) is 3.31. The van der Waals surface area contributed by atoms with Crippen LogP contribution in [-0.4, -0.2) is 31.3 Å². The van der Waals surface area contributed by atoms with Crippen molar-refractivity contribution in [2.75, 3.05) is 26.6 Å². The van der Waals surface area contributed by atoms with E-state index in [0.29, 0.717) is 23.1 Å². The second-order valence-electron chi connectivity index (χ2n) is 6.09. The summed E-state index contributed by atoms with van der Waals surface area (Å²) in [4.78, 5) is 9.73. The Morgan fingerprint density at radius 3 is 2.21 bits per heavy atom. The van der Waals surface area contributed by atoms with Gasteiger partial charge in [-0.15, -0.1) is 11.3 Å².